The third kappa shape index (κ3) is 2.81. The van der Waals surface area contributed by atoms with Crippen LogP contribution >= 0.6 is 11.6 Å². The monoisotopic (exact) mass is 266 g/mol. The summed E-state index contributed by atoms with van der Waals surface area (Å²) in [6, 6.07) is 6.14. The predicted molar refractivity (Wildman–Crippen MR) is 79.2 cm³/mol. The molecule has 0 bridgehead atoms. The highest BCUT2D eigenvalue weighted by Gasteiger charge is 2.42. The molecule has 1 unspecified atom stereocenters. The Kier molecular flexibility index (Phi) is 3.61. The molecular formula is C15H23ClN2. The van der Waals surface area contributed by atoms with Gasteiger partial charge in [-0.15, -0.1) is 0 Å². The molecule has 1 aliphatic carbocycles. The van der Waals surface area contributed by atoms with Crippen molar-refractivity contribution in [3.05, 3.63) is 28.8 Å². The molecule has 2 nitrogen and oxygen atoms in total. The molecule has 0 saturated heterocycles. The lowest BCUT2D eigenvalue weighted by molar-refractivity contribution is 0.351. The SMILES string of the molecule is Cc1ccc(NC2(CN)CCC(C)(C)C2)cc1Cl. The van der Waals surface area contributed by atoms with Crippen LogP contribution in [0.2, 0.25) is 5.02 Å². The van der Waals surface area contributed by atoms with Gasteiger partial charge in [0.2, 0.25) is 0 Å². The van der Waals surface area contributed by atoms with Gasteiger partial charge in [-0.25, -0.2) is 0 Å². The highest BCUT2D eigenvalue weighted by atomic mass is 35.5. The summed E-state index contributed by atoms with van der Waals surface area (Å²) in [6.07, 6.45) is 3.46. The van der Waals surface area contributed by atoms with Crippen LogP contribution in [0.4, 0.5) is 5.69 Å². The number of anilines is 1. The number of nitrogens with one attached hydrogen (secondary N) is 1. The van der Waals surface area contributed by atoms with E-state index in [1.807, 2.05) is 13.0 Å². The number of hydrogen-bond acceptors (Lipinski definition) is 2. The van der Waals surface area contributed by atoms with Crippen LogP contribution in [0, 0.1) is 12.3 Å². The molecule has 18 heavy (non-hydrogen) atoms. The van der Waals surface area contributed by atoms with E-state index in [1.54, 1.807) is 0 Å². The Labute approximate surface area is 115 Å². The summed E-state index contributed by atoms with van der Waals surface area (Å²) in [6.45, 7) is 7.31. The van der Waals surface area contributed by atoms with E-state index >= 15 is 0 Å². The molecule has 3 heteroatoms. The molecule has 1 saturated carbocycles. The Hall–Kier alpha value is -0.730. The summed E-state index contributed by atoms with van der Waals surface area (Å²) in [4.78, 5) is 0. The molecule has 1 fully saturated rings. The minimum absolute atomic E-state index is 0.0298. The van der Waals surface area contributed by atoms with Gasteiger partial charge in [0.25, 0.3) is 0 Å². The van der Waals surface area contributed by atoms with E-state index in [1.165, 1.54) is 6.42 Å². The third-order valence-electron chi connectivity index (χ3n) is 4.07. The smallest absolute Gasteiger partial charge is 0.0501 e. The lowest BCUT2D eigenvalue weighted by Crippen LogP contribution is -2.43. The van der Waals surface area contributed by atoms with Crippen LogP contribution in [0.5, 0.6) is 0 Å². The average Bonchev–Trinajstić information content (AvgIpc) is 2.60. The first-order valence-electron chi connectivity index (χ1n) is 6.60. The molecule has 3 N–H and O–H groups in total. The van der Waals surface area contributed by atoms with Gasteiger partial charge in [0, 0.05) is 17.3 Å². The van der Waals surface area contributed by atoms with Crippen molar-refractivity contribution in [3.63, 3.8) is 0 Å². The largest absolute Gasteiger partial charge is 0.378 e. The van der Waals surface area contributed by atoms with Crippen molar-refractivity contribution in [3.8, 4) is 0 Å². The Morgan fingerprint density at radius 3 is 2.56 bits per heavy atom. The van der Waals surface area contributed by atoms with Gasteiger partial charge < -0.3 is 11.1 Å². The van der Waals surface area contributed by atoms with Gasteiger partial charge in [-0.2, -0.15) is 0 Å². The van der Waals surface area contributed by atoms with Crippen molar-refractivity contribution < 1.29 is 0 Å². The number of nitrogens with two attached hydrogens (primary N) is 1. The van der Waals surface area contributed by atoms with Gasteiger partial charge in [0.15, 0.2) is 0 Å². The average molecular weight is 267 g/mol. The first-order valence-corrected chi connectivity index (χ1v) is 6.98. The second-order valence-corrected chi connectivity index (χ2v) is 6.82. The Morgan fingerprint density at radius 1 is 1.33 bits per heavy atom. The molecule has 1 aromatic carbocycles. The normalized spacial score (nSPS) is 26.3. The zero-order valence-electron chi connectivity index (χ0n) is 11.5. The van der Waals surface area contributed by atoms with Crippen molar-refractivity contribution in [1.82, 2.24) is 0 Å². The molecule has 1 aliphatic rings. The number of rotatable bonds is 3. The summed E-state index contributed by atoms with van der Waals surface area (Å²) < 4.78 is 0. The fourth-order valence-corrected chi connectivity index (χ4v) is 3.16. The lowest BCUT2D eigenvalue weighted by atomic mass is 9.87. The van der Waals surface area contributed by atoms with E-state index < -0.39 is 0 Å². The van der Waals surface area contributed by atoms with E-state index in [-0.39, 0.29) is 5.54 Å². The molecule has 100 valence electrons. The molecular weight excluding hydrogens is 244 g/mol. The van der Waals surface area contributed by atoms with E-state index in [0.717, 1.165) is 29.1 Å². The van der Waals surface area contributed by atoms with Crippen molar-refractivity contribution >= 4 is 17.3 Å². The van der Waals surface area contributed by atoms with Crippen molar-refractivity contribution in [2.45, 2.75) is 45.6 Å². The van der Waals surface area contributed by atoms with Crippen LogP contribution in [-0.2, 0) is 0 Å². The second kappa shape index (κ2) is 4.75. The number of benzene rings is 1. The molecule has 0 aliphatic heterocycles. The number of hydrogen-bond donors (Lipinski definition) is 2. The van der Waals surface area contributed by atoms with Gasteiger partial charge in [-0.3, -0.25) is 0 Å². The van der Waals surface area contributed by atoms with Crippen molar-refractivity contribution in [2.75, 3.05) is 11.9 Å². The summed E-state index contributed by atoms with van der Waals surface area (Å²) in [5, 5.41) is 4.43. The van der Waals surface area contributed by atoms with Crippen LogP contribution in [0.3, 0.4) is 0 Å². The maximum absolute atomic E-state index is 6.17. The Balaban J connectivity index is 2.18. The molecule has 0 spiro atoms. The zero-order valence-corrected chi connectivity index (χ0v) is 12.3. The summed E-state index contributed by atoms with van der Waals surface area (Å²) in [5.41, 5.74) is 8.60. The molecule has 1 aromatic rings. The topological polar surface area (TPSA) is 38.0 Å². The Morgan fingerprint density at radius 2 is 2.06 bits per heavy atom. The first kappa shape index (κ1) is 13.7. The minimum Gasteiger partial charge on any atom is -0.378 e. The maximum Gasteiger partial charge on any atom is 0.0501 e. The van der Waals surface area contributed by atoms with Gasteiger partial charge in [0.05, 0.1) is 5.54 Å². The molecule has 0 aromatic heterocycles. The fraction of sp³-hybridized carbons (Fsp3) is 0.600. The van der Waals surface area contributed by atoms with E-state index in [0.29, 0.717) is 12.0 Å². The lowest BCUT2D eigenvalue weighted by Gasteiger charge is -2.32. The van der Waals surface area contributed by atoms with E-state index in [9.17, 15) is 0 Å². The summed E-state index contributed by atoms with van der Waals surface area (Å²) in [5.74, 6) is 0. The van der Waals surface area contributed by atoms with Crippen LogP contribution in [0.15, 0.2) is 18.2 Å². The molecule has 0 heterocycles. The van der Waals surface area contributed by atoms with Crippen molar-refractivity contribution in [2.24, 2.45) is 11.1 Å². The fourth-order valence-electron chi connectivity index (χ4n) is 2.98. The summed E-state index contributed by atoms with van der Waals surface area (Å²) >= 11 is 6.17. The van der Waals surface area contributed by atoms with Crippen molar-refractivity contribution in [1.29, 1.82) is 0 Å². The molecule has 0 amide bonds. The third-order valence-corrected chi connectivity index (χ3v) is 4.48. The van der Waals surface area contributed by atoms with Crippen LogP contribution < -0.4 is 11.1 Å². The minimum atomic E-state index is 0.0298. The first-order chi connectivity index (χ1) is 8.36. The van der Waals surface area contributed by atoms with E-state index in [2.05, 4.69) is 31.3 Å². The van der Waals surface area contributed by atoms with Crippen LogP contribution in [0.25, 0.3) is 0 Å². The van der Waals surface area contributed by atoms with Crippen LogP contribution in [0.1, 0.15) is 38.7 Å². The summed E-state index contributed by atoms with van der Waals surface area (Å²) in [7, 11) is 0. The second-order valence-electron chi connectivity index (χ2n) is 6.41. The Bertz CT molecular complexity index is 442. The van der Waals surface area contributed by atoms with Gasteiger partial charge in [0.1, 0.15) is 0 Å². The highest BCUT2D eigenvalue weighted by Crippen LogP contribution is 2.44. The zero-order chi connectivity index (χ0) is 13.4. The molecule has 1 atom stereocenters. The quantitative estimate of drug-likeness (QED) is 0.869. The van der Waals surface area contributed by atoms with E-state index in [4.69, 9.17) is 17.3 Å². The molecule has 2 rings (SSSR count). The number of aryl methyl sites for hydroxylation is 1. The molecule has 0 radical (unpaired) electrons. The standard InChI is InChI=1S/C15H23ClN2/c1-11-4-5-12(8-13(11)16)18-15(10-17)7-6-14(2,3)9-15/h4-5,8,18H,6-7,9-10,17H2,1-3H3. The van der Waals surface area contributed by atoms with Gasteiger partial charge in [-0.05, 0) is 49.3 Å². The van der Waals surface area contributed by atoms with Gasteiger partial charge >= 0.3 is 0 Å². The van der Waals surface area contributed by atoms with Gasteiger partial charge in [-0.1, -0.05) is 31.5 Å². The number of halogens is 1. The highest BCUT2D eigenvalue weighted by molar-refractivity contribution is 6.31. The van der Waals surface area contributed by atoms with Crippen LogP contribution in [-0.4, -0.2) is 12.1 Å². The predicted octanol–water partition coefficient (Wildman–Crippen LogP) is 3.97. The maximum atomic E-state index is 6.17.